The highest BCUT2D eigenvalue weighted by atomic mass is 15.3. The van der Waals surface area contributed by atoms with E-state index in [1.54, 1.807) is 0 Å². The van der Waals surface area contributed by atoms with Crippen molar-refractivity contribution in [2.45, 2.75) is 6.92 Å². The number of hydrogen-bond donors (Lipinski definition) is 2. The highest BCUT2D eigenvalue weighted by molar-refractivity contribution is 5.59. The summed E-state index contributed by atoms with van der Waals surface area (Å²) in [5, 5.41) is 0. The fourth-order valence-corrected chi connectivity index (χ4v) is 1.87. The van der Waals surface area contributed by atoms with Crippen molar-refractivity contribution in [1.29, 1.82) is 0 Å². The second-order valence-corrected chi connectivity index (χ2v) is 4.21. The predicted octanol–water partition coefficient (Wildman–Crippen LogP) is -0.299. The maximum absolute atomic E-state index is 5.79. The molecular weight excluding hydrogens is 204 g/mol. The summed E-state index contributed by atoms with van der Waals surface area (Å²) in [7, 11) is 2.12. The first-order chi connectivity index (χ1) is 7.58. The van der Waals surface area contributed by atoms with Crippen LogP contribution in [-0.4, -0.2) is 48.1 Å². The van der Waals surface area contributed by atoms with Crippen LogP contribution in [0.1, 0.15) is 5.56 Å². The van der Waals surface area contributed by atoms with Crippen LogP contribution in [0.25, 0.3) is 0 Å². The zero-order chi connectivity index (χ0) is 11.7. The largest absolute Gasteiger partial charge is 0.383 e. The van der Waals surface area contributed by atoms with Crippen LogP contribution >= 0.6 is 0 Å². The maximum Gasteiger partial charge on any atom is 0.223 e. The van der Waals surface area contributed by atoms with Crippen LogP contribution in [0, 0.1) is 6.92 Å². The van der Waals surface area contributed by atoms with E-state index >= 15 is 0 Å². The molecule has 0 aliphatic carbocycles. The Morgan fingerprint density at radius 3 is 2.31 bits per heavy atom. The van der Waals surface area contributed by atoms with E-state index in [-0.39, 0.29) is 5.95 Å². The number of nitrogen functional groups attached to an aromatic ring is 2. The molecule has 0 bridgehead atoms. The summed E-state index contributed by atoms with van der Waals surface area (Å²) in [6.45, 7) is 5.90. The van der Waals surface area contributed by atoms with Gasteiger partial charge in [0.2, 0.25) is 5.95 Å². The molecule has 1 saturated heterocycles. The fraction of sp³-hybridized carbons (Fsp3) is 0.600. The van der Waals surface area contributed by atoms with Gasteiger partial charge in [-0.3, -0.25) is 0 Å². The predicted molar refractivity (Wildman–Crippen MR) is 65.3 cm³/mol. The minimum absolute atomic E-state index is 0.247. The van der Waals surface area contributed by atoms with E-state index in [1.807, 2.05) is 6.92 Å². The molecule has 1 aliphatic rings. The van der Waals surface area contributed by atoms with Crippen LogP contribution in [0.3, 0.4) is 0 Å². The summed E-state index contributed by atoms with van der Waals surface area (Å²) in [4.78, 5) is 12.7. The van der Waals surface area contributed by atoms with Gasteiger partial charge in [0.15, 0.2) is 0 Å². The van der Waals surface area contributed by atoms with Crippen LogP contribution in [-0.2, 0) is 0 Å². The van der Waals surface area contributed by atoms with Gasteiger partial charge in [-0.25, -0.2) is 0 Å². The molecule has 1 aliphatic heterocycles. The Morgan fingerprint density at radius 1 is 1.06 bits per heavy atom. The van der Waals surface area contributed by atoms with Gasteiger partial charge in [0.05, 0.1) is 0 Å². The lowest BCUT2D eigenvalue weighted by molar-refractivity contribution is 0.312. The van der Waals surface area contributed by atoms with E-state index in [0.717, 1.165) is 37.6 Å². The molecule has 0 aromatic carbocycles. The van der Waals surface area contributed by atoms with Crippen molar-refractivity contribution >= 4 is 17.6 Å². The van der Waals surface area contributed by atoms with E-state index in [9.17, 15) is 0 Å². The Balaban J connectivity index is 2.26. The van der Waals surface area contributed by atoms with Gasteiger partial charge in [0.1, 0.15) is 11.6 Å². The van der Waals surface area contributed by atoms with Crippen molar-refractivity contribution in [2.75, 3.05) is 49.6 Å². The van der Waals surface area contributed by atoms with Gasteiger partial charge >= 0.3 is 0 Å². The second-order valence-electron chi connectivity index (χ2n) is 4.21. The summed E-state index contributed by atoms with van der Waals surface area (Å²) in [5.74, 6) is 1.59. The standard InChI is InChI=1S/C10H18N6/c1-7-8(11)13-10(12)14-9(7)16-5-3-15(2)4-6-16/h3-6H2,1-2H3,(H4,11,12,13,14). The summed E-state index contributed by atoms with van der Waals surface area (Å²) in [6.07, 6.45) is 0. The molecule has 0 saturated carbocycles. The highest BCUT2D eigenvalue weighted by Crippen LogP contribution is 2.23. The van der Waals surface area contributed by atoms with E-state index < -0.39 is 0 Å². The van der Waals surface area contributed by atoms with Crippen LogP contribution in [0.4, 0.5) is 17.6 Å². The molecular formula is C10H18N6. The molecule has 1 fully saturated rings. The van der Waals surface area contributed by atoms with Crippen LogP contribution in [0.15, 0.2) is 0 Å². The molecule has 0 spiro atoms. The molecule has 6 nitrogen and oxygen atoms in total. The van der Waals surface area contributed by atoms with E-state index in [4.69, 9.17) is 11.5 Å². The normalized spacial score (nSPS) is 17.8. The Labute approximate surface area is 95.3 Å². The first-order valence-electron chi connectivity index (χ1n) is 5.41. The van der Waals surface area contributed by atoms with Gasteiger partial charge in [-0.15, -0.1) is 0 Å². The molecule has 2 heterocycles. The number of anilines is 3. The Morgan fingerprint density at radius 2 is 1.69 bits per heavy atom. The SMILES string of the molecule is Cc1c(N)nc(N)nc1N1CCN(C)CC1. The molecule has 2 rings (SSSR count). The first-order valence-corrected chi connectivity index (χ1v) is 5.41. The van der Waals surface area contributed by atoms with Gasteiger partial charge in [-0.05, 0) is 14.0 Å². The number of piperazine rings is 1. The number of nitrogens with zero attached hydrogens (tertiary/aromatic N) is 4. The topological polar surface area (TPSA) is 84.3 Å². The summed E-state index contributed by atoms with van der Waals surface area (Å²) >= 11 is 0. The minimum Gasteiger partial charge on any atom is -0.383 e. The molecule has 6 heteroatoms. The molecule has 1 aromatic heterocycles. The van der Waals surface area contributed by atoms with Crippen molar-refractivity contribution in [2.24, 2.45) is 0 Å². The van der Waals surface area contributed by atoms with Crippen molar-refractivity contribution in [3.05, 3.63) is 5.56 Å². The van der Waals surface area contributed by atoms with Crippen molar-refractivity contribution in [3.8, 4) is 0 Å². The second kappa shape index (κ2) is 4.13. The maximum atomic E-state index is 5.79. The third kappa shape index (κ3) is 2.01. The zero-order valence-corrected chi connectivity index (χ0v) is 9.77. The number of aromatic nitrogens is 2. The van der Waals surface area contributed by atoms with Crippen molar-refractivity contribution < 1.29 is 0 Å². The summed E-state index contributed by atoms with van der Waals surface area (Å²) in [5.41, 5.74) is 12.3. The molecule has 4 N–H and O–H groups in total. The number of rotatable bonds is 1. The number of likely N-dealkylation sites (N-methyl/N-ethyl adjacent to an activating group) is 1. The Kier molecular flexibility index (Phi) is 2.82. The van der Waals surface area contributed by atoms with Gasteiger partial charge in [-0.2, -0.15) is 9.97 Å². The lowest BCUT2D eigenvalue weighted by atomic mass is 10.2. The lowest BCUT2D eigenvalue weighted by Crippen LogP contribution is -2.45. The molecule has 0 radical (unpaired) electrons. The third-order valence-corrected chi connectivity index (χ3v) is 2.98. The quantitative estimate of drug-likeness (QED) is 0.678. The molecule has 0 unspecified atom stereocenters. The zero-order valence-electron chi connectivity index (χ0n) is 9.77. The molecule has 16 heavy (non-hydrogen) atoms. The third-order valence-electron chi connectivity index (χ3n) is 2.98. The highest BCUT2D eigenvalue weighted by Gasteiger charge is 2.18. The van der Waals surface area contributed by atoms with Gasteiger partial charge in [-0.1, -0.05) is 0 Å². The van der Waals surface area contributed by atoms with E-state index in [1.165, 1.54) is 0 Å². The molecule has 0 amide bonds. The van der Waals surface area contributed by atoms with Crippen LogP contribution in [0.2, 0.25) is 0 Å². The van der Waals surface area contributed by atoms with Crippen molar-refractivity contribution in [1.82, 2.24) is 14.9 Å². The Hall–Kier alpha value is -1.56. The summed E-state index contributed by atoms with van der Waals surface area (Å²) < 4.78 is 0. The van der Waals surface area contributed by atoms with Crippen molar-refractivity contribution in [3.63, 3.8) is 0 Å². The number of nitrogens with two attached hydrogens (primary N) is 2. The fourth-order valence-electron chi connectivity index (χ4n) is 1.87. The smallest absolute Gasteiger partial charge is 0.223 e. The Bertz CT molecular complexity index is 383. The van der Waals surface area contributed by atoms with Crippen LogP contribution < -0.4 is 16.4 Å². The average Bonchev–Trinajstić information content (AvgIpc) is 2.25. The number of hydrogen-bond acceptors (Lipinski definition) is 6. The van der Waals surface area contributed by atoms with E-state index in [0.29, 0.717) is 5.82 Å². The van der Waals surface area contributed by atoms with Gasteiger partial charge < -0.3 is 21.3 Å². The first kappa shape index (κ1) is 10.9. The van der Waals surface area contributed by atoms with Gasteiger partial charge in [0, 0.05) is 31.7 Å². The lowest BCUT2D eigenvalue weighted by Gasteiger charge is -2.34. The molecule has 1 aromatic rings. The molecule has 88 valence electrons. The molecule has 0 atom stereocenters. The monoisotopic (exact) mass is 222 g/mol. The summed E-state index contributed by atoms with van der Waals surface area (Å²) in [6, 6.07) is 0. The van der Waals surface area contributed by atoms with Crippen LogP contribution in [0.5, 0.6) is 0 Å². The van der Waals surface area contributed by atoms with E-state index in [2.05, 4.69) is 26.8 Å². The van der Waals surface area contributed by atoms with Gasteiger partial charge in [0.25, 0.3) is 0 Å². The average molecular weight is 222 g/mol. The minimum atomic E-state index is 0.247.